The van der Waals surface area contributed by atoms with E-state index >= 15 is 0 Å². The molecular formula is C22H17FN2O5S. The van der Waals surface area contributed by atoms with E-state index in [4.69, 9.17) is 4.42 Å². The summed E-state index contributed by atoms with van der Waals surface area (Å²) >= 11 is 0. The minimum atomic E-state index is -4.34. The van der Waals surface area contributed by atoms with Gasteiger partial charge in [0.25, 0.3) is 10.0 Å². The van der Waals surface area contributed by atoms with Crippen molar-refractivity contribution in [3.05, 3.63) is 66.2 Å². The molecule has 0 radical (unpaired) electrons. The number of hydrogen-bond donors (Lipinski definition) is 2. The van der Waals surface area contributed by atoms with Crippen LogP contribution in [0.15, 0.2) is 63.9 Å². The summed E-state index contributed by atoms with van der Waals surface area (Å²) < 4.78 is 47.7. The number of rotatable bonds is 4. The number of benzene rings is 3. The molecule has 1 amide bonds. The van der Waals surface area contributed by atoms with Gasteiger partial charge in [-0.2, -0.15) is 0 Å². The average molecular weight is 440 g/mol. The maximum Gasteiger partial charge on any atom is 0.300 e. The van der Waals surface area contributed by atoms with Crippen LogP contribution in [0, 0.1) is 5.82 Å². The Labute approximate surface area is 176 Å². The second kappa shape index (κ2) is 6.98. The number of phenols is 1. The maximum atomic E-state index is 14.5. The standard InChI is InChI=1S/C22H17FN2O5S/c23-18-9-14(25-6-3-7-25)10-19-17(18)12-20(30-19)22(27)24-31(28,29)21-11-15(26)8-13-4-1-2-5-16(13)21/h1-2,4-5,8-12,26H,3,6-7H2,(H,24,27). The summed E-state index contributed by atoms with van der Waals surface area (Å²) in [6.45, 7) is 1.63. The number of carbonyl (C=O) groups excluding carboxylic acids is 1. The highest BCUT2D eigenvalue weighted by atomic mass is 32.2. The van der Waals surface area contributed by atoms with Crippen LogP contribution >= 0.6 is 0 Å². The molecule has 158 valence electrons. The van der Waals surface area contributed by atoms with E-state index in [9.17, 15) is 22.7 Å². The van der Waals surface area contributed by atoms with E-state index in [1.54, 1.807) is 30.3 Å². The molecule has 1 fully saturated rings. The molecule has 0 aliphatic carbocycles. The Morgan fingerprint density at radius 1 is 1.06 bits per heavy atom. The van der Waals surface area contributed by atoms with Crippen LogP contribution in [0.2, 0.25) is 0 Å². The molecule has 2 N–H and O–H groups in total. The molecule has 9 heteroatoms. The van der Waals surface area contributed by atoms with Crippen molar-refractivity contribution < 1.29 is 27.1 Å². The van der Waals surface area contributed by atoms with Gasteiger partial charge < -0.3 is 14.4 Å². The van der Waals surface area contributed by atoms with Crippen molar-refractivity contribution in [1.29, 1.82) is 0 Å². The van der Waals surface area contributed by atoms with Crippen LogP contribution in [0.3, 0.4) is 0 Å². The Balaban J connectivity index is 1.50. The molecule has 0 bridgehead atoms. The van der Waals surface area contributed by atoms with Gasteiger partial charge in [0.1, 0.15) is 17.1 Å². The van der Waals surface area contributed by atoms with Gasteiger partial charge in [0.15, 0.2) is 5.76 Å². The number of fused-ring (bicyclic) bond motifs is 2. The number of halogens is 1. The number of hydrogen-bond acceptors (Lipinski definition) is 6. The van der Waals surface area contributed by atoms with Crippen molar-refractivity contribution in [3.8, 4) is 5.75 Å². The van der Waals surface area contributed by atoms with E-state index in [0.717, 1.165) is 25.6 Å². The van der Waals surface area contributed by atoms with E-state index in [0.29, 0.717) is 16.5 Å². The number of furan rings is 1. The molecule has 5 rings (SSSR count). The van der Waals surface area contributed by atoms with E-state index in [1.807, 2.05) is 9.62 Å². The molecule has 1 aliphatic rings. The van der Waals surface area contributed by atoms with E-state index in [2.05, 4.69) is 0 Å². The lowest BCUT2D eigenvalue weighted by molar-refractivity contribution is 0.0956. The monoisotopic (exact) mass is 440 g/mol. The van der Waals surface area contributed by atoms with Crippen LogP contribution < -0.4 is 9.62 Å². The normalized spacial score (nSPS) is 14.0. The number of carbonyl (C=O) groups is 1. The van der Waals surface area contributed by atoms with Gasteiger partial charge in [-0.15, -0.1) is 0 Å². The fourth-order valence-corrected chi connectivity index (χ4v) is 4.87. The minimum absolute atomic E-state index is 0.0922. The molecule has 1 aliphatic heterocycles. The number of anilines is 1. The second-order valence-electron chi connectivity index (χ2n) is 7.39. The first-order valence-electron chi connectivity index (χ1n) is 9.59. The second-order valence-corrected chi connectivity index (χ2v) is 9.04. The molecule has 7 nitrogen and oxygen atoms in total. The Hall–Kier alpha value is -3.59. The van der Waals surface area contributed by atoms with Gasteiger partial charge in [0.2, 0.25) is 0 Å². The summed E-state index contributed by atoms with van der Waals surface area (Å²) in [4.78, 5) is 14.4. The van der Waals surface area contributed by atoms with Gasteiger partial charge in [0, 0.05) is 42.4 Å². The fourth-order valence-electron chi connectivity index (χ4n) is 3.66. The summed E-state index contributed by atoms with van der Waals surface area (Å²) in [7, 11) is -4.34. The van der Waals surface area contributed by atoms with Gasteiger partial charge in [-0.1, -0.05) is 24.3 Å². The molecule has 2 heterocycles. The quantitative estimate of drug-likeness (QED) is 0.501. The maximum absolute atomic E-state index is 14.5. The molecule has 0 atom stereocenters. The molecule has 0 saturated carbocycles. The summed E-state index contributed by atoms with van der Waals surface area (Å²) in [5.41, 5.74) is 0.809. The highest BCUT2D eigenvalue weighted by Gasteiger charge is 2.25. The first kappa shape index (κ1) is 19.4. The van der Waals surface area contributed by atoms with Crippen LogP contribution in [0.5, 0.6) is 5.75 Å². The first-order valence-corrected chi connectivity index (χ1v) is 11.1. The minimum Gasteiger partial charge on any atom is -0.508 e. The van der Waals surface area contributed by atoms with Crippen molar-refractivity contribution in [3.63, 3.8) is 0 Å². The third-order valence-corrected chi connectivity index (χ3v) is 6.71. The largest absolute Gasteiger partial charge is 0.508 e. The lowest BCUT2D eigenvalue weighted by atomic mass is 10.1. The molecule has 4 aromatic rings. The number of phenolic OH excluding ortho intramolecular Hbond substituents is 1. The summed E-state index contributed by atoms with van der Waals surface area (Å²) in [5, 5.41) is 10.8. The fraction of sp³-hybridized carbons (Fsp3) is 0.136. The summed E-state index contributed by atoms with van der Waals surface area (Å²) in [6.07, 6.45) is 1.02. The lowest BCUT2D eigenvalue weighted by Gasteiger charge is -2.33. The average Bonchev–Trinajstić information content (AvgIpc) is 3.11. The molecule has 1 saturated heterocycles. The number of sulfonamides is 1. The summed E-state index contributed by atoms with van der Waals surface area (Å²) in [6, 6.07) is 13.2. The third-order valence-electron chi connectivity index (χ3n) is 5.34. The van der Waals surface area contributed by atoms with E-state index in [-0.39, 0.29) is 27.4 Å². The number of amides is 1. The van der Waals surface area contributed by atoms with E-state index in [1.165, 1.54) is 18.2 Å². The number of aromatic hydroxyl groups is 1. The topological polar surface area (TPSA) is 99.8 Å². The molecular weight excluding hydrogens is 423 g/mol. The predicted molar refractivity (Wildman–Crippen MR) is 113 cm³/mol. The summed E-state index contributed by atoms with van der Waals surface area (Å²) in [5.74, 6) is -2.17. The van der Waals surface area contributed by atoms with Crippen LogP contribution in [0.4, 0.5) is 10.1 Å². The highest BCUT2D eigenvalue weighted by Crippen LogP contribution is 2.31. The van der Waals surface area contributed by atoms with Crippen LogP contribution in [-0.2, 0) is 10.0 Å². The first-order chi connectivity index (χ1) is 14.8. The van der Waals surface area contributed by atoms with Gasteiger partial charge >= 0.3 is 5.91 Å². The van der Waals surface area contributed by atoms with Crippen LogP contribution in [-0.4, -0.2) is 32.5 Å². The van der Waals surface area contributed by atoms with Gasteiger partial charge in [0.05, 0.1) is 10.3 Å². The van der Waals surface area contributed by atoms with E-state index < -0.39 is 21.7 Å². The van der Waals surface area contributed by atoms with Gasteiger partial charge in [-0.25, -0.2) is 17.5 Å². The predicted octanol–water partition coefficient (Wildman–Crippen LogP) is 3.76. The van der Waals surface area contributed by atoms with Crippen molar-refractivity contribution in [2.45, 2.75) is 11.3 Å². The van der Waals surface area contributed by atoms with Crippen molar-refractivity contribution >= 4 is 43.4 Å². The molecule has 0 spiro atoms. The number of nitrogens with one attached hydrogen (secondary N) is 1. The van der Waals surface area contributed by atoms with Crippen molar-refractivity contribution in [2.75, 3.05) is 18.0 Å². The third kappa shape index (κ3) is 3.36. The Bertz CT molecular complexity index is 1460. The number of nitrogens with zero attached hydrogens (tertiary/aromatic N) is 1. The molecule has 31 heavy (non-hydrogen) atoms. The Kier molecular flexibility index (Phi) is 4.37. The van der Waals surface area contributed by atoms with Crippen LogP contribution in [0.25, 0.3) is 21.7 Å². The Morgan fingerprint density at radius 2 is 1.84 bits per heavy atom. The zero-order chi connectivity index (χ0) is 21.8. The Morgan fingerprint density at radius 3 is 2.58 bits per heavy atom. The van der Waals surface area contributed by atoms with Gasteiger partial charge in [-0.05, 0) is 23.9 Å². The van der Waals surface area contributed by atoms with Crippen molar-refractivity contribution in [2.24, 2.45) is 0 Å². The smallest absolute Gasteiger partial charge is 0.300 e. The lowest BCUT2D eigenvalue weighted by Crippen LogP contribution is -2.36. The zero-order valence-electron chi connectivity index (χ0n) is 16.1. The van der Waals surface area contributed by atoms with Gasteiger partial charge in [-0.3, -0.25) is 4.79 Å². The molecule has 1 aromatic heterocycles. The highest BCUT2D eigenvalue weighted by molar-refractivity contribution is 7.90. The van der Waals surface area contributed by atoms with Crippen molar-refractivity contribution in [1.82, 2.24) is 4.72 Å². The molecule has 0 unspecified atom stereocenters. The molecule has 3 aromatic carbocycles. The zero-order valence-corrected chi connectivity index (χ0v) is 16.9. The van der Waals surface area contributed by atoms with Crippen LogP contribution in [0.1, 0.15) is 17.0 Å². The SMILES string of the molecule is O=C(NS(=O)(=O)c1cc(O)cc2ccccc12)c1cc2c(F)cc(N3CCC3)cc2o1.